The lowest BCUT2D eigenvalue weighted by Crippen LogP contribution is -2.42. The Balaban J connectivity index is 1.84. The van der Waals surface area contributed by atoms with E-state index in [-0.39, 0.29) is 0 Å². The van der Waals surface area contributed by atoms with Crippen LogP contribution in [0, 0.1) is 0 Å². The van der Waals surface area contributed by atoms with Gasteiger partial charge >= 0.3 is 5.97 Å². The number of piperidine rings is 1. The van der Waals surface area contributed by atoms with Crippen molar-refractivity contribution in [1.29, 1.82) is 0 Å². The van der Waals surface area contributed by atoms with Gasteiger partial charge in [0.25, 0.3) is 0 Å². The standard InChI is InChI=1S/C16H25N3O2/c1-2-8-19-14-7-6-12(18-9-4-3-5-10-18)11-13(14)15(17-19)16(20)21/h12H,2-11H2,1H3,(H,20,21)/t12-/m0/s1. The third-order valence-corrected chi connectivity index (χ3v) is 4.87. The van der Waals surface area contributed by atoms with Crippen molar-refractivity contribution in [3.63, 3.8) is 0 Å². The first kappa shape index (κ1) is 14.6. The number of aryl methyl sites for hydroxylation is 1. The fourth-order valence-corrected chi connectivity index (χ4v) is 3.83. The molecule has 5 nitrogen and oxygen atoms in total. The van der Waals surface area contributed by atoms with Gasteiger partial charge in [-0.05, 0) is 51.6 Å². The topological polar surface area (TPSA) is 58.4 Å². The predicted octanol–water partition coefficient (Wildman–Crippen LogP) is 2.33. The summed E-state index contributed by atoms with van der Waals surface area (Å²) in [7, 11) is 0. The van der Waals surface area contributed by atoms with Gasteiger partial charge in [-0.2, -0.15) is 5.10 Å². The molecule has 1 aromatic heterocycles. The van der Waals surface area contributed by atoms with Crippen LogP contribution in [-0.4, -0.2) is 44.9 Å². The second-order valence-electron chi connectivity index (χ2n) is 6.30. The summed E-state index contributed by atoms with van der Waals surface area (Å²) >= 11 is 0. The Bertz CT molecular complexity index is 518. The number of aromatic carboxylic acids is 1. The highest BCUT2D eigenvalue weighted by Gasteiger charge is 2.31. The van der Waals surface area contributed by atoms with Gasteiger partial charge in [0.1, 0.15) is 0 Å². The molecule has 1 aliphatic heterocycles. The lowest BCUT2D eigenvalue weighted by atomic mass is 9.89. The van der Waals surface area contributed by atoms with E-state index in [4.69, 9.17) is 0 Å². The van der Waals surface area contributed by atoms with Crippen LogP contribution in [0.3, 0.4) is 0 Å². The molecule has 1 aromatic rings. The first-order chi connectivity index (χ1) is 10.2. The first-order valence-electron chi connectivity index (χ1n) is 8.26. The van der Waals surface area contributed by atoms with E-state index >= 15 is 0 Å². The zero-order valence-corrected chi connectivity index (χ0v) is 12.8. The summed E-state index contributed by atoms with van der Waals surface area (Å²) < 4.78 is 1.94. The molecule has 0 saturated carbocycles. The number of aromatic nitrogens is 2. The molecule has 0 aromatic carbocycles. The lowest BCUT2D eigenvalue weighted by Gasteiger charge is -2.36. The van der Waals surface area contributed by atoms with Crippen LogP contribution in [0.15, 0.2) is 0 Å². The second-order valence-corrected chi connectivity index (χ2v) is 6.30. The molecular formula is C16H25N3O2. The average Bonchev–Trinajstić information content (AvgIpc) is 2.87. The van der Waals surface area contributed by atoms with Crippen molar-refractivity contribution in [3.8, 4) is 0 Å². The summed E-state index contributed by atoms with van der Waals surface area (Å²) in [6.07, 6.45) is 7.86. The molecule has 0 radical (unpaired) electrons. The van der Waals surface area contributed by atoms with Crippen LogP contribution in [0.2, 0.25) is 0 Å². The molecular weight excluding hydrogens is 266 g/mol. The molecule has 0 spiro atoms. The van der Waals surface area contributed by atoms with E-state index in [1.165, 1.54) is 38.0 Å². The van der Waals surface area contributed by atoms with Crippen LogP contribution in [-0.2, 0) is 19.4 Å². The van der Waals surface area contributed by atoms with Gasteiger partial charge in [0, 0.05) is 23.8 Å². The molecule has 1 atom stereocenters. The molecule has 2 aliphatic rings. The van der Waals surface area contributed by atoms with Crippen molar-refractivity contribution in [2.75, 3.05) is 13.1 Å². The quantitative estimate of drug-likeness (QED) is 0.925. The SMILES string of the molecule is CCCn1nc(C(=O)O)c2c1CC[C@H](N1CCCCC1)C2. The third-order valence-electron chi connectivity index (χ3n) is 4.87. The maximum atomic E-state index is 11.5. The van der Waals surface area contributed by atoms with Crippen molar-refractivity contribution in [1.82, 2.24) is 14.7 Å². The maximum absolute atomic E-state index is 11.5. The van der Waals surface area contributed by atoms with Crippen molar-refractivity contribution in [2.24, 2.45) is 0 Å². The van der Waals surface area contributed by atoms with E-state index in [1.807, 2.05) is 4.68 Å². The van der Waals surface area contributed by atoms with Crippen LogP contribution >= 0.6 is 0 Å². The first-order valence-corrected chi connectivity index (χ1v) is 8.26. The molecule has 116 valence electrons. The normalized spacial score (nSPS) is 23.0. The highest BCUT2D eigenvalue weighted by Crippen LogP contribution is 2.29. The zero-order chi connectivity index (χ0) is 14.8. The number of fused-ring (bicyclic) bond motifs is 1. The monoisotopic (exact) mass is 291 g/mol. The summed E-state index contributed by atoms with van der Waals surface area (Å²) in [6, 6.07) is 0.509. The molecule has 3 rings (SSSR count). The third kappa shape index (κ3) is 2.84. The summed E-state index contributed by atoms with van der Waals surface area (Å²) in [5.74, 6) is -0.875. The van der Waals surface area contributed by atoms with Crippen molar-refractivity contribution in [3.05, 3.63) is 17.0 Å². The van der Waals surface area contributed by atoms with Crippen molar-refractivity contribution in [2.45, 2.75) is 64.5 Å². The van der Waals surface area contributed by atoms with E-state index in [0.717, 1.165) is 37.8 Å². The van der Waals surface area contributed by atoms with Gasteiger partial charge < -0.3 is 10.0 Å². The van der Waals surface area contributed by atoms with Crippen LogP contribution in [0.1, 0.15) is 60.8 Å². The van der Waals surface area contributed by atoms with Crippen LogP contribution < -0.4 is 0 Å². The number of carboxylic acid groups (broad SMARTS) is 1. The lowest BCUT2D eigenvalue weighted by molar-refractivity contribution is 0.0687. The number of carboxylic acids is 1. The molecule has 0 bridgehead atoms. The molecule has 5 heteroatoms. The molecule has 0 amide bonds. The maximum Gasteiger partial charge on any atom is 0.356 e. The van der Waals surface area contributed by atoms with Gasteiger partial charge in [-0.25, -0.2) is 4.79 Å². The minimum atomic E-state index is -0.875. The average molecular weight is 291 g/mol. The van der Waals surface area contributed by atoms with Crippen LogP contribution in [0.5, 0.6) is 0 Å². The molecule has 0 unspecified atom stereocenters. The number of carbonyl (C=O) groups is 1. The fourth-order valence-electron chi connectivity index (χ4n) is 3.83. The van der Waals surface area contributed by atoms with Gasteiger partial charge in [0.15, 0.2) is 5.69 Å². The second kappa shape index (κ2) is 6.18. The van der Waals surface area contributed by atoms with E-state index in [9.17, 15) is 9.90 Å². The Morgan fingerprint density at radius 1 is 1.33 bits per heavy atom. The highest BCUT2D eigenvalue weighted by molar-refractivity contribution is 5.87. The van der Waals surface area contributed by atoms with Gasteiger partial charge in [-0.1, -0.05) is 13.3 Å². The van der Waals surface area contributed by atoms with Gasteiger partial charge in [0.05, 0.1) is 0 Å². The Morgan fingerprint density at radius 2 is 2.10 bits per heavy atom. The number of hydrogen-bond donors (Lipinski definition) is 1. The van der Waals surface area contributed by atoms with Crippen LogP contribution in [0.25, 0.3) is 0 Å². The summed E-state index contributed by atoms with van der Waals surface area (Å²) in [4.78, 5) is 14.0. The summed E-state index contributed by atoms with van der Waals surface area (Å²) in [5.41, 5.74) is 2.46. The number of nitrogens with zero attached hydrogens (tertiary/aromatic N) is 3. The minimum absolute atomic E-state index is 0.292. The predicted molar refractivity (Wildman–Crippen MR) is 80.7 cm³/mol. The van der Waals surface area contributed by atoms with Gasteiger partial charge in [0.2, 0.25) is 0 Å². The molecule has 1 saturated heterocycles. The number of likely N-dealkylation sites (tertiary alicyclic amines) is 1. The zero-order valence-electron chi connectivity index (χ0n) is 12.8. The molecule has 1 N–H and O–H groups in total. The van der Waals surface area contributed by atoms with E-state index in [1.54, 1.807) is 0 Å². The number of hydrogen-bond acceptors (Lipinski definition) is 3. The minimum Gasteiger partial charge on any atom is -0.476 e. The van der Waals surface area contributed by atoms with Crippen molar-refractivity contribution < 1.29 is 9.90 Å². The van der Waals surface area contributed by atoms with E-state index < -0.39 is 5.97 Å². The Hall–Kier alpha value is -1.36. The summed E-state index contributed by atoms with van der Waals surface area (Å²) in [5, 5.41) is 13.8. The van der Waals surface area contributed by atoms with E-state index in [2.05, 4.69) is 16.9 Å². The van der Waals surface area contributed by atoms with Crippen molar-refractivity contribution >= 4 is 5.97 Å². The molecule has 21 heavy (non-hydrogen) atoms. The Labute approximate surface area is 125 Å². The largest absolute Gasteiger partial charge is 0.476 e. The van der Waals surface area contributed by atoms with E-state index in [0.29, 0.717) is 11.7 Å². The highest BCUT2D eigenvalue weighted by atomic mass is 16.4. The van der Waals surface area contributed by atoms with Gasteiger partial charge in [-0.15, -0.1) is 0 Å². The fraction of sp³-hybridized carbons (Fsp3) is 0.750. The molecule has 2 heterocycles. The Morgan fingerprint density at radius 3 is 2.76 bits per heavy atom. The Kier molecular flexibility index (Phi) is 4.29. The summed E-state index contributed by atoms with van der Waals surface area (Å²) in [6.45, 7) is 5.27. The molecule has 1 aliphatic carbocycles. The van der Waals surface area contributed by atoms with Gasteiger partial charge in [-0.3, -0.25) is 4.68 Å². The molecule has 1 fully saturated rings. The number of rotatable bonds is 4. The smallest absolute Gasteiger partial charge is 0.356 e. The van der Waals surface area contributed by atoms with Crippen LogP contribution in [0.4, 0.5) is 0 Å².